The first-order chi connectivity index (χ1) is 11.8. The maximum atomic E-state index is 12.1. The minimum absolute atomic E-state index is 0.187. The van der Waals surface area contributed by atoms with Crippen LogP contribution >= 0.6 is 11.3 Å². The lowest BCUT2D eigenvalue weighted by molar-refractivity contribution is 0.0939. The molecule has 0 aliphatic carbocycles. The van der Waals surface area contributed by atoms with Crippen molar-refractivity contribution in [3.63, 3.8) is 0 Å². The number of hydrogen-bond acceptors (Lipinski definition) is 6. The van der Waals surface area contributed by atoms with E-state index in [1.54, 1.807) is 23.5 Å². The predicted octanol–water partition coefficient (Wildman–Crippen LogP) is 4.19. The molecule has 0 aliphatic rings. The molecular formula is C17H12N2O4S. The van der Waals surface area contributed by atoms with Crippen molar-refractivity contribution in [2.45, 2.75) is 6.54 Å². The second kappa shape index (κ2) is 6.21. The van der Waals surface area contributed by atoms with Gasteiger partial charge in [-0.3, -0.25) is 4.79 Å². The van der Waals surface area contributed by atoms with Gasteiger partial charge in [0.25, 0.3) is 5.91 Å². The Labute approximate surface area is 140 Å². The molecule has 6 nitrogen and oxygen atoms in total. The van der Waals surface area contributed by atoms with Crippen LogP contribution in [-0.2, 0) is 6.54 Å². The van der Waals surface area contributed by atoms with Crippen LogP contribution in [0.25, 0.3) is 22.2 Å². The molecule has 0 unspecified atom stereocenters. The van der Waals surface area contributed by atoms with Gasteiger partial charge < -0.3 is 18.7 Å². The van der Waals surface area contributed by atoms with Crippen LogP contribution in [-0.4, -0.2) is 11.1 Å². The number of aromatic nitrogens is 1. The van der Waals surface area contributed by atoms with Crippen molar-refractivity contribution in [2.75, 3.05) is 0 Å². The van der Waals surface area contributed by atoms with Gasteiger partial charge in [0.15, 0.2) is 11.5 Å². The Morgan fingerprint density at radius 3 is 2.88 bits per heavy atom. The first kappa shape index (κ1) is 14.5. The van der Waals surface area contributed by atoms with Gasteiger partial charge in [-0.1, -0.05) is 11.2 Å². The molecule has 1 amide bonds. The number of furan rings is 2. The summed E-state index contributed by atoms with van der Waals surface area (Å²) in [5, 5.41) is 8.49. The van der Waals surface area contributed by atoms with E-state index in [4.69, 9.17) is 13.4 Å². The van der Waals surface area contributed by atoms with E-state index in [9.17, 15) is 4.79 Å². The van der Waals surface area contributed by atoms with Crippen LogP contribution in [0.5, 0.6) is 0 Å². The summed E-state index contributed by atoms with van der Waals surface area (Å²) in [5.74, 6) is 2.04. The summed E-state index contributed by atoms with van der Waals surface area (Å²) in [6, 6.07) is 12.7. The maximum absolute atomic E-state index is 12.1. The number of carbonyl (C=O) groups is 1. The SMILES string of the molecule is O=C(NCc1ccc(-c2cccs2)o1)c1cc(-c2ccco2)on1. The van der Waals surface area contributed by atoms with Crippen LogP contribution < -0.4 is 5.32 Å². The molecular weight excluding hydrogens is 328 g/mol. The summed E-state index contributed by atoms with van der Waals surface area (Å²) in [6.45, 7) is 0.271. The highest BCUT2D eigenvalue weighted by Crippen LogP contribution is 2.26. The maximum Gasteiger partial charge on any atom is 0.273 e. The van der Waals surface area contributed by atoms with Crippen LogP contribution in [0.15, 0.2) is 67.5 Å². The van der Waals surface area contributed by atoms with Crippen molar-refractivity contribution in [3.8, 4) is 22.2 Å². The van der Waals surface area contributed by atoms with E-state index in [1.165, 1.54) is 12.3 Å². The Bertz CT molecular complexity index is 935. The molecule has 0 bridgehead atoms. The van der Waals surface area contributed by atoms with Gasteiger partial charge in [-0.05, 0) is 35.7 Å². The summed E-state index contributed by atoms with van der Waals surface area (Å²) in [6.07, 6.45) is 1.53. The third kappa shape index (κ3) is 2.89. The highest BCUT2D eigenvalue weighted by Gasteiger charge is 2.15. The lowest BCUT2D eigenvalue weighted by Gasteiger charge is -1.99. The minimum Gasteiger partial charge on any atom is -0.461 e. The molecule has 24 heavy (non-hydrogen) atoms. The molecule has 120 valence electrons. The number of carbonyl (C=O) groups excluding carboxylic acids is 1. The quantitative estimate of drug-likeness (QED) is 0.589. The Morgan fingerprint density at radius 2 is 2.08 bits per heavy atom. The molecule has 0 saturated heterocycles. The fourth-order valence-electron chi connectivity index (χ4n) is 2.20. The normalized spacial score (nSPS) is 10.8. The average molecular weight is 340 g/mol. The Kier molecular flexibility index (Phi) is 3.76. The zero-order valence-electron chi connectivity index (χ0n) is 12.4. The Balaban J connectivity index is 1.40. The highest BCUT2D eigenvalue weighted by molar-refractivity contribution is 7.13. The van der Waals surface area contributed by atoms with E-state index in [0.29, 0.717) is 17.3 Å². The monoisotopic (exact) mass is 340 g/mol. The number of nitrogens with one attached hydrogen (secondary N) is 1. The van der Waals surface area contributed by atoms with Crippen molar-refractivity contribution < 1.29 is 18.2 Å². The van der Waals surface area contributed by atoms with E-state index in [2.05, 4.69) is 10.5 Å². The van der Waals surface area contributed by atoms with Crippen LogP contribution in [0, 0.1) is 0 Å². The van der Waals surface area contributed by atoms with Crippen LogP contribution in [0.4, 0.5) is 0 Å². The first-order valence-electron chi connectivity index (χ1n) is 7.21. The summed E-state index contributed by atoms with van der Waals surface area (Å²) >= 11 is 1.60. The average Bonchev–Trinajstić information content (AvgIpc) is 3.40. The lowest BCUT2D eigenvalue weighted by Crippen LogP contribution is -2.22. The van der Waals surface area contributed by atoms with Gasteiger partial charge in [-0.25, -0.2) is 0 Å². The number of hydrogen-bond donors (Lipinski definition) is 1. The molecule has 4 aromatic rings. The molecule has 4 aromatic heterocycles. The Hall–Kier alpha value is -3.06. The standard InChI is InChI=1S/C17H12N2O4S/c20-17(12-9-15(23-19-12)13-3-1-7-21-13)18-10-11-5-6-14(22-11)16-4-2-8-24-16/h1-9H,10H2,(H,18,20). The molecule has 0 fully saturated rings. The zero-order valence-corrected chi connectivity index (χ0v) is 13.2. The van der Waals surface area contributed by atoms with E-state index < -0.39 is 0 Å². The second-order valence-electron chi connectivity index (χ2n) is 4.98. The third-order valence-corrected chi connectivity index (χ3v) is 4.24. The summed E-state index contributed by atoms with van der Waals surface area (Å²) in [5.41, 5.74) is 0.187. The summed E-state index contributed by atoms with van der Waals surface area (Å²) < 4.78 is 16.0. The fraction of sp³-hybridized carbons (Fsp3) is 0.0588. The lowest BCUT2D eigenvalue weighted by atomic mass is 10.3. The topological polar surface area (TPSA) is 81.4 Å². The molecule has 7 heteroatoms. The number of thiophene rings is 1. The predicted molar refractivity (Wildman–Crippen MR) is 87.4 cm³/mol. The van der Waals surface area contributed by atoms with Gasteiger partial charge in [0.1, 0.15) is 11.5 Å². The van der Waals surface area contributed by atoms with Gasteiger partial charge in [-0.15, -0.1) is 11.3 Å². The number of rotatable bonds is 5. The fourth-order valence-corrected chi connectivity index (χ4v) is 2.89. The third-order valence-electron chi connectivity index (χ3n) is 3.36. The molecule has 1 N–H and O–H groups in total. The molecule has 0 aliphatic heterocycles. The van der Waals surface area contributed by atoms with Crippen molar-refractivity contribution >= 4 is 17.2 Å². The van der Waals surface area contributed by atoms with Crippen molar-refractivity contribution in [3.05, 3.63) is 65.6 Å². The first-order valence-corrected chi connectivity index (χ1v) is 8.09. The van der Waals surface area contributed by atoms with Gasteiger partial charge in [0, 0.05) is 6.07 Å². The van der Waals surface area contributed by atoms with E-state index >= 15 is 0 Å². The number of nitrogens with zero attached hydrogens (tertiary/aromatic N) is 1. The summed E-state index contributed by atoms with van der Waals surface area (Å²) in [7, 11) is 0. The Morgan fingerprint density at radius 1 is 1.12 bits per heavy atom. The summed E-state index contributed by atoms with van der Waals surface area (Å²) in [4.78, 5) is 13.2. The molecule has 0 atom stereocenters. The van der Waals surface area contributed by atoms with Crippen LogP contribution in [0.3, 0.4) is 0 Å². The van der Waals surface area contributed by atoms with E-state index in [0.717, 1.165) is 10.6 Å². The van der Waals surface area contributed by atoms with Crippen molar-refractivity contribution in [2.24, 2.45) is 0 Å². The van der Waals surface area contributed by atoms with E-state index in [-0.39, 0.29) is 18.1 Å². The van der Waals surface area contributed by atoms with Gasteiger partial charge in [-0.2, -0.15) is 0 Å². The second-order valence-corrected chi connectivity index (χ2v) is 5.93. The van der Waals surface area contributed by atoms with Gasteiger partial charge in [0.2, 0.25) is 5.76 Å². The molecule has 4 heterocycles. The van der Waals surface area contributed by atoms with E-state index in [1.807, 2.05) is 29.6 Å². The highest BCUT2D eigenvalue weighted by atomic mass is 32.1. The number of amides is 1. The molecule has 0 aromatic carbocycles. The minimum atomic E-state index is -0.342. The van der Waals surface area contributed by atoms with Crippen LogP contribution in [0.2, 0.25) is 0 Å². The smallest absolute Gasteiger partial charge is 0.273 e. The molecule has 0 saturated carbocycles. The zero-order chi connectivity index (χ0) is 16.4. The molecule has 0 spiro atoms. The van der Waals surface area contributed by atoms with Crippen LogP contribution in [0.1, 0.15) is 16.2 Å². The van der Waals surface area contributed by atoms with Gasteiger partial charge in [0.05, 0.1) is 17.7 Å². The largest absolute Gasteiger partial charge is 0.461 e. The molecule has 0 radical (unpaired) electrons. The van der Waals surface area contributed by atoms with Crippen molar-refractivity contribution in [1.82, 2.24) is 10.5 Å². The van der Waals surface area contributed by atoms with Crippen molar-refractivity contribution in [1.29, 1.82) is 0 Å². The molecule has 4 rings (SSSR count). The van der Waals surface area contributed by atoms with Gasteiger partial charge >= 0.3 is 0 Å².